The molecule has 0 radical (unpaired) electrons. The molecule has 4 heteroatoms. The highest BCUT2D eigenvalue weighted by atomic mass is 16.2. The van der Waals surface area contributed by atoms with E-state index in [0.29, 0.717) is 5.56 Å². The molecule has 0 saturated carbocycles. The van der Waals surface area contributed by atoms with Crippen LogP contribution in [-0.2, 0) is 4.79 Å². The fraction of sp³-hybridized carbons (Fsp3) is 0.100. The zero-order valence-corrected chi connectivity index (χ0v) is 7.60. The predicted molar refractivity (Wildman–Crippen MR) is 51.1 cm³/mol. The molecule has 0 N–H and O–H groups in total. The molecular weight excluding hydrogens is 180 g/mol. The first kappa shape index (κ1) is 8.62. The second-order valence-corrected chi connectivity index (χ2v) is 2.97. The summed E-state index contributed by atoms with van der Waals surface area (Å²) in [6.45, 7) is 0. The number of benzene rings is 1. The van der Waals surface area contributed by atoms with Crippen molar-refractivity contribution in [2.24, 2.45) is 4.99 Å². The maximum absolute atomic E-state index is 11.5. The highest BCUT2D eigenvalue weighted by Gasteiger charge is 2.30. The summed E-state index contributed by atoms with van der Waals surface area (Å²) in [7, 11) is 1.42. The second-order valence-electron chi connectivity index (χ2n) is 2.97. The summed E-state index contributed by atoms with van der Waals surface area (Å²) >= 11 is 0. The van der Waals surface area contributed by atoms with Gasteiger partial charge in [-0.1, -0.05) is 30.3 Å². The number of nitrogens with zero attached hydrogens (tertiary/aromatic N) is 2. The molecule has 0 saturated heterocycles. The van der Waals surface area contributed by atoms with E-state index in [1.807, 2.05) is 6.07 Å². The van der Waals surface area contributed by atoms with Gasteiger partial charge in [-0.3, -0.25) is 9.69 Å². The summed E-state index contributed by atoms with van der Waals surface area (Å²) in [5.74, 6) is -0.346. The average molecular weight is 188 g/mol. The minimum Gasteiger partial charge on any atom is -0.267 e. The van der Waals surface area contributed by atoms with Crippen molar-refractivity contribution in [2.45, 2.75) is 0 Å². The third-order valence-electron chi connectivity index (χ3n) is 2.05. The number of carbonyl (C=O) groups is 2. The number of carbonyl (C=O) groups excluding carboxylic acids is 2. The second kappa shape index (κ2) is 3.06. The molecule has 0 spiro atoms. The molecule has 1 aromatic carbocycles. The van der Waals surface area contributed by atoms with Gasteiger partial charge in [0.25, 0.3) is 5.91 Å². The summed E-state index contributed by atoms with van der Waals surface area (Å²) in [6.07, 6.45) is 0. The minimum atomic E-state index is -0.506. The van der Waals surface area contributed by atoms with Crippen molar-refractivity contribution >= 4 is 17.6 Å². The molecule has 1 aliphatic rings. The zero-order chi connectivity index (χ0) is 10.1. The fourth-order valence-electron chi connectivity index (χ4n) is 1.25. The summed E-state index contributed by atoms with van der Waals surface area (Å²) < 4.78 is 0. The van der Waals surface area contributed by atoms with E-state index in [4.69, 9.17) is 0 Å². The van der Waals surface area contributed by atoms with Crippen molar-refractivity contribution in [3.63, 3.8) is 0 Å². The van der Waals surface area contributed by atoms with Gasteiger partial charge in [-0.25, -0.2) is 4.79 Å². The molecule has 70 valence electrons. The van der Waals surface area contributed by atoms with Crippen molar-refractivity contribution in [1.29, 1.82) is 0 Å². The van der Waals surface area contributed by atoms with E-state index in [-0.39, 0.29) is 11.6 Å². The van der Waals surface area contributed by atoms with Gasteiger partial charge in [0.2, 0.25) is 0 Å². The number of likely N-dealkylation sites (N-methyl/N-ethyl adjacent to an activating group) is 1. The highest BCUT2D eigenvalue weighted by Crippen LogP contribution is 2.10. The Morgan fingerprint density at radius 2 is 1.79 bits per heavy atom. The van der Waals surface area contributed by atoms with E-state index < -0.39 is 6.03 Å². The van der Waals surface area contributed by atoms with Crippen LogP contribution in [0.2, 0.25) is 0 Å². The number of aliphatic imine (C=N–C) groups is 1. The lowest BCUT2D eigenvalue weighted by Gasteiger charge is -2.03. The average Bonchev–Trinajstić information content (AvgIpc) is 2.47. The molecule has 2 rings (SSSR count). The van der Waals surface area contributed by atoms with Crippen LogP contribution >= 0.6 is 0 Å². The molecule has 0 fully saturated rings. The molecule has 3 amide bonds. The van der Waals surface area contributed by atoms with Crippen LogP contribution in [0.15, 0.2) is 35.3 Å². The third-order valence-corrected chi connectivity index (χ3v) is 2.05. The summed E-state index contributed by atoms with van der Waals surface area (Å²) in [5, 5.41) is 0. The Kier molecular flexibility index (Phi) is 1.89. The van der Waals surface area contributed by atoms with Crippen molar-refractivity contribution in [2.75, 3.05) is 7.05 Å². The van der Waals surface area contributed by atoms with Crippen molar-refractivity contribution in [1.82, 2.24) is 4.90 Å². The summed E-state index contributed by atoms with van der Waals surface area (Å²) in [4.78, 5) is 27.3. The van der Waals surface area contributed by atoms with Crippen molar-refractivity contribution in [3.8, 4) is 0 Å². The Morgan fingerprint density at radius 3 is 2.29 bits per heavy atom. The Balaban J connectivity index is 2.43. The van der Waals surface area contributed by atoms with E-state index in [1.165, 1.54) is 7.05 Å². The van der Waals surface area contributed by atoms with Gasteiger partial charge in [0.05, 0.1) is 0 Å². The van der Waals surface area contributed by atoms with E-state index in [1.54, 1.807) is 24.3 Å². The molecule has 0 aromatic heterocycles. The Morgan fingerprint density at radius 1 is 1.14 bits per heavy atom. The number of rotatable bonds is 1. The van der Waals surface area contributed by atoms with Gasteiger partial charge in [0, 0.05) is 12.6 Å². The van der Waals surface area contributed by atoms with Crippen LogP contribution in [-0.4, -0.2) is 29.6 Å². The smallest absolute Gasteiger partial charge is 0.267 e. The van der Waals surface area contributed by atoms with Gasteiger partial charge in [0.15, 0.2) is 0 Å². The number of imide groups is 1. The van der Waals surface area contributed by atoms with Crippen molar-refractivity contribution < 1.29 is 9.59 Å². The number of amides is 3. The van der Waals surface area contributed by atoms with Gasteiger partial charge in [-0.15, -0.1) is 0 Å². The Labute approximate surface area is 80.9 Å². The van der Waals surface area contributed by atoms with E-state index in [2.05, 4.69) is 4.99 Å². The molecule has 0 aliphatic carbocycles. The number of urea groups is 1. The normalized spacial score (nSPS) is 16.1. The molecule has 14 heavy (non-hydrogen) atoms. The molecule has 1 aromatic rings. The third kappa shape index (κ3) is 1.21. The first-order valence-corrected chi connectivity index (χ1v) is 4.16. The fourth-order valence-corrected chi connectivity index (χ4v) is 1.25. The van der Waals surface area contributed by atoms with Crippen molar-refractivity contribution in [3.05, 3.63) is 35.9 Å². The summed E-state index contributed by atoms with van der Waals surface area (Å²) in [5.41, 5.74) is 0.897. The lowest BCUT2D eigenvalue weighted by molar-refractivity contribution is -0.119. The largest absolute Gasteiger partial charge is 0.351 e. The molecule has 1 heterocycles. The number of hydrogen-bond donors (Lipinski definition) is 0. The lowest BCUT2D eigenvalue weighted by Crippen LogP contribution is -2.28. The minimum absolute atomic E-state index is 0.220. The van der Waals surface area contributed by atoms with Crippen LogP contribution in [0.1, 0.15) is 5.56 Å². The molecule has 1 aliphatic heterocycles. The Bertz CT molecular complexity index is 423. The molecule has 0 unspecified atom stereocenters. The number of hydrogen-bond acceptors (Lipinski definition) is 2. The standard InChI is InChI=1S/C10H8N2O2/c1-12-9(13)8(11-10(12)14)7-5-3-2-4-6-7/h2-6H,1H3. The van der Waals surface area contributed by atoms with Crippen LogP contribution in [0.25, 0.3) is 0 Å². The quantitative estimate of drug-likeness (QED) is 0.661. The lowest BCUT2D eigenvalue weighted by atomic mass is 10.1. The highest BCUT2D eigenvalue weighted by molar-refractivity contribution is 6.51. The van der Waals surface area contributed by atoms with Crippen LogP contribution < -0.4 is 0 Å². The summed E-state index contributed by atoms with van der Waals surface area (Å²) in [6, 6.07) is 8.44. The first-order valence-electron chi connectivity index (χ1n) is 4.16. The Hall–Kier alpha value is -1.97. The molecule has 4 nitrogen and oxygen atoms in total. The van der Waals surface area contributed by atoms with Gasteiger partial charge >= 0.3 is 6.03 Å². The van der Waals surface area contributed by atoms with Gasteiger partial charge in [-0.05, 0) is 0 Å². The zero-order valence-electron chi connectivity index (χ0n) is 7.60. The predicted octanol–water partition coefficient (Wildman–Crippen LogP) is 1.07. The van der Waals surface area contributed by atoms with Crippen LogP contribution in [0.4, 0.5) is 4.79 Å². The van der Waals surface area contributed by atoms with E-state index >= 15 is 0 Å². The maximum atomic E-state index is 11.5. The maximum Gasteiger partial charge on any atom is 0.351 e. The van der Waals surface area contributed by atoms with Gasteiger partial charge in [-0.2, -0.15) is 4.99 Å². The molecule has 0 atom stereocenters. The monoisotopic (exact) mass is 188 g/mol. The van der Waals surface area contributed by atoms with Gasteiger partial charge < -0.3 is 0 Å². The van der Waals surface area contributed by atoms with Crippen LogP contribution in [0, 0.1) is 0 Å². The van der Waals surface area contributed by atoms with Gasteiger partial charge in [0.1, 0.15) is 5.71 Å². The van der Waals surface area contributed by atoms with E-state index in [9.17, 15) is 9.59 Å². The van der Waals surface area contributed by atoms with E-state index in [0.717, 1.165) is 4.90 Å². The van der Waals surface area contributed by atoms with Crippen LogP contribution in [0.3, 0.4) is 0 Å². The first-order chi connectivity index (χ1) is 6.70. The molecule has 0 bridgehead atoms. The SMILES string of the molecule is CN1C(=O)N=C(c2ccccc2)C1=O. The van der Waals surface area contributed by atoms with Crippen LogP contribution in [0.5, 0.6) is 0 Å². The topological polar surface area (TPSA) is 49.7 Å². The molecular formula is C10H8N2O2.